The van der Waals surface area contributed by atoms with E-state index in [1.54, 1.807) is 7.05 Å². The van der Waals surface area contributed by atoms with Crippen LogP contribution in [0.3, 0.4) is 0 Å². The summed E-state index contributed by atoms with van der Waals surface area (Å²) in [5.74, 6) is 1.83. The molecule has 1 aliphatic rings. The number of nitrogens with zero attached hydrogens (tertiary/aromatic N) is 1. The number of ether oxygens (including phenoxy) is 1. The zero-order chi connectivity index (χ0) is 16.8. The van der Waals surface area contributed by atoms with E-state index in [2.05, 4.69) is 33.8 Å². The Balaban J connectivity index is 0.00000225. The quantitative estimate of drug-likeness (QED) is 0.396. The van der Waals surface area contributed by atoms with Crippen LogP contribution in [0.15, 0.2) is 47.5 Å². The lowest BCUT2D eigenvalue weighted by molar-refractivity contribution is 0.357. The second-order valence-electron chi connectivity index (χ2n) is 5.77. The number of aliphatic imine (C=N–C) groups is 1. The summed E-state index contributed by atoms with van der Waals surface area (Å²) < 4.78 is 5.54. The lowest BCUT2D eigenvalue weighted by Crippen LogP contribution is -2.37. The van der Waals surface area contributed by atoms with Gasteiger partial charge < -0.3 is 15.4 Å². The monoisotopic (exact) mass is 471 g/mol. The molecule has 0 spiro atoms. The van der Waals surface area contributed by atoms with Crippen molar-refractivity contribution in [2.75, 3.05) is 20.2 Å². The van der Waals surface area contributed by atoms with Gasteiger partial charge >= 0.3 is 0 Å². The summed E-state index contributed by atoms with van der Waals surface area (Å²) in [6, 6.07) is 14.3. The smallest absolute Gasteiger partial charge is 0.191 e. The van der Waals surface area contributed by atoms with E-state index in [9.17, 15) is 0 Å². The molecule has 2 N–H and O–H groups in total. The Labute approximate surface area is 171 Å². The van der Waals surface area contributed by atoms with Gasteiger partial charge in [-0.15, -0.1) is 24.0 Å². The Bertz CT molecular complexity index is 719. The molecule has 6 heteroatoms. The Morgan fingerprint density at radius 1 is 1.12 bits per heavy atom. The third kappa shape index (κ3) is 5.78. The molecule has 0 bridgehead atoms. The third-order valence-corrected chi connectivity index (χ3v) is 4.31. The summed E-state index contributed by atoms with van der Waals surface area (Å²) in [6.07, 6.45) is 1.97. The molecule has 2 aromatic carbocycles. The summed E-state index contributed by atoms with van der Waals surface area (Å²) >= 11 is 5.90. The molecule has 134 valence electrons. The van der Waals surface area contributed by atoms with Crippen molar-refractivity contribution in [3.05, 3.63) is 64.2 Å². The van der Waals surface area contributed by atoms with Crippen LogP contribution in [0.2, 0.25) is 5.02 Å². The van der Waals surface area contributed by atoms with Crippen molar-refractivity contribution in [2.45, 2.75) is 19.4 Å². The molecule has 2 aromatic rings. The lowest BCUT2D eigenvalue weighted by Gasteiger charge is -2.12. The van der Waals surface area contributed by atoms with Crippen LogP contribution >= 0.6 is 35.6 Å². The van der Waals surface area contributed by atoms with Crippen LogP contribution in [0, 0.1) is 0 Å². The van der Waals surface area contributed by atoms with Gasteiger partial charge in [-0.3, -0.25) is 4.99 Å². The molecule has 0 unspecified atom stereocenters. The number of benzene rings is 2. The van der Waals surface area contributed by atoms with Gasteiger partial charge in [0, 0.05) is 31.6 Å². The Morgan fingerprint density at radius 3 is 2.64 bits per heavy atom. The molecule has 0 aromatic heterocycles. The number of halogens is 2. The van der Waals surface area contributed by atoms with Gasteiger partial charge in [-0.1, -0.05) is 35.9 Å². The van der Waals surface area contributed by atoms with E-state index in [1.807, 2.05) is 24.3 Å². The van der Waals surface area contributed by atoms with Crippen molar-refractivity contribution in [3.8, 4) is 5.75 Å². The van der Waals surface area contributed by atoms with E-state index in [0.717, 1.165) is 42.7 Å². The molecule has 0 radical (unpaired) electrons. The first-order valence-corrected chi connectivity index (χ1v) is 8.56. The van der Waals surface area contributed by atoms with Crippen LogP contribution in [0.25, 0.3) is 0 Å². The molecule has 0 atom stereocenters. The molecule has 0 amide bonds. The molecule has 3 rings (SSSR count). The highest BCUT2D eigenvalue weighted by Gasteiger charge is 2.11. The maximum atomic E-state index is 5.90. The minimum absolute atomic E-state index is 0. The van der Waals surface area contributed by atoms with Crippen LogP contribution in [0.4, 0.5) is 0 Å². The number of nitrogens with one attached hydrogen (secondary N) is 2. The highest BCUT2D eigenvalue weighted by molar-refractivity contribution is 14.0. The van der Waals surface area contributed by atoms with Gasteiger partial charge in [0.05, 0.1) is 6.61 Å². The highest BCUT2D eigenvalue weighted by atomic mass is 127. The summed E-state index contributed by atoms with van der Waals surface area (Å²) in [6.45, 7) is 2.35. The Kier molecular flexibility index (Phi) is 7.84. The largest absolute Gasteiger partial charge is 0.493 e. The summed E-state index contributed by atoms with van der Waals surface area (Å²) in [5, 5.41) is 7.41. The van der Waals surface area contributed by atoms with Crippen LogP contribution < -0.4 is 15.4 Å². The zero-order valence-electron chi connectivity index (χ0n) is 14.2. The summed E-state index contributed by atoms with van der Waals surface area (Å²) in [4.78, 5) is 4.26. The predicted molar refractivity (Wildman–Crippen MR) is 114 cm³/mol. The fraction of sp³-hybridized carbons (Fsp3) is 0.316. The van der Waals surface area contributed by atoms with E-state index in [0.29, 0.717) is 6.54 Å². The van der Waals surface area contributed by atoms with E-state index >= 15 is 0 Å². The van der Waals surface area contributed by atoms with Gasteiger partial charge in [0.25, 0.3) is 0 Å². The van der Waals surface area contributed by atoms with Gasteiger partial charge in [0.15, 0.2) is 5.96 Å². The van der Waals surface area contributed by atoms with Crippen molar-refractivity contribution in [2.24, 2.45) is 4.99 Å². The zero-order valence-corrected chi connectivity index (χ0v) is 17.3. The fourth-order valence-electron chi connectivity index (χ4n) is 2.73. The molecular weight excluding hydrogens is 449 g/mol. The average molecular weight is 472 g/mol. The first kappa shape index (κ1) is 19.8. The standard InChI is InChI=1S/C19H22ClN3O.HI/c1-21-19(23-13-15-2-5-17(20)6-3-15)22-10-8-14-4-7-18-16(12-14)9-11-24-18;/h2-7,12H,8-11,13H2,1H3,(H2,21,22,23);1H. The topological polar surface area (TPSA) is 45.7 Å². The SMILES string of the molecule is CN=C(NCCc1ccc2c(c1)CCO2)NCc1ccc(Cl)cc1.I. The first-order chi connectivity index (χ1) is 11.7. The fourth-order valence-corrected chi connectivity index (χ4v) is 2.86. The minimum Gasteiger partial charge on any atom is -0.493 e. The minimum atomic E-state index is 0. The van der Waals surface area contributed by atoms with Crippen LogP contribution in [0.1, 0.15) is 16.7 Å². The number of hydrogen-bond acceptors (Lipinski definition) is 2. The molecule has 1 aliphatic heterocycles. The maximum absolute atomic E-state index is 5.90. The number of rotatable bonds is 5. The number of hydrogen-bond donors (Lipinski definition) is 2. The maximum Gasteiger partial charge on any atom is 0.191 e. The van der Waals surface area contributed by atoms with Crippen LogP contribution in [-0.2, 0) is 19.4 Å². The normalized spacial score (nSPS) is 12.8. The van der Waals surface area contributed by atoms with Crippen molar-refractivity contribution in [1.29, 1.82) is 0 Å². The van der Waals surface area contributed by atoms with E-state index in [4.69, 9.17) is 16.3 Å². The Hall–Kier alpha value is -1.47. The highest BCUT2D eigenvalue weighted by Crippen LogP contribution is 2.25. The van der Waals surface area contributed by atoms with Crippen LogP contribution in [-0.4, -0.2) is 26.2 Å². The van der Waals surface area contributed by atoms with E-state index in [1.165, 1.54) is 16.7 Å². The van der Waals surface area contributed by atoms with Gasteiger partial charge in [0.2, 0.25) is 0 Å². The molecule has 25 heavy (non-hydrogen) atoms. The Morgan fingerprint density at radius 2 is 1.88 bits per heavy atom. The average Bonchev–Trinajstić information content (AvgIpc) is 3.07. The van der Waals surface area contributed by atoms with Gasteiger partial charge in [-0.05, 0) is 41.3 Å². The second-order valence-corrected chi connectivity index (χ2v) is 6.21. The number of guanidine groups is 1. The molecule has 0 saturated carbocycles. The van der Waals surface area contributed by atoms with Crippen molar-refractivity contribution in [3.63, 3.8) is 0 Å². The number of fused-ring (bicyclic) bond motifs is 1. The first-order valence-electron chi connectivity index (χ1n) is 8.18. The lowest BCUT2D eigenvalue weighted by atomic mass is 10.1. The van der Waals surface area contributed by atoms with Crippen molar-refractivity contribution < 1.29 is 4.74 Å². The second kappa shape index (κ2) is 9.87. The van der Waals surface area contributed by atoms with Gasteiger partial charge in [-0.2, -0.15) is 0 Å². The predicted octanol–water partition coefficient (Wildman–Crippen LogP) is 3.80. The van der Waals surface area contributed by atoms with Crippen molar-refractivity contribution >= 4 is 41.5 Å². The molecule has 0 aliphatic carbocycles. The van der Waals surface area contributed by atoms with E-state index in [-0.39, 0.29) is 24.0 Å². The molecule has 0 saturated heterocycles. The summed E-state index contributed by atoms with van der Waals surface area (Å²) in [5.41, 5.74) is 3.80. The van der Waals surface area contributed by atoms with Crippen LogP contribution in [0.5, 0.6) is 5.75 Å². The molecule has 0 fully saturated rings. The third-order valence-electron chi connectivity index (χ3n) is 4.06. The van der Waals surface area contributed by atoms with Crippen molar-refractivity contribution in [1.82, 2.24) is 10.6 Å². The molecule has 4 nitrogen and oxygen atoms in total. The van der Waals surface area contributed by atoms with E-state index < -0.39 is 0 Å². The van der Waals surface area contributed by atoms with Gasteiger partial charge in [-0.25, -0.2) is 0 Å². The van der Waals surface area contributed by atoms with Gasteiger partial charge in [0.1, 0.15) is 5.75 Å². The molecule has 1 heterocycles. The summed E-state index contributed by atoms with van der Waals surface area (Å²) in [7, 11) is 1.78. The molecular formula is C19H23ClIN3O.